The van der Waals surface area contributed by atoms with Crippen molar-refractivity contribution in [3.05, 3.63) is 6.33 Å². The molecule has 1 aliphatic rings. The molecule has 2 aromatic heterocycles. The Hall–Kier alpha value is -0.380. The van der Waals surface area contributed by atoms with Crippen LogP contribution < -0.4 is 5.32 Å². The number of aromatic nitrogens is 4. The van der Waals surface area contributed by atoms with Crippen molar-refractivity contribution >= 4 is 97.1 Å². The van der Waals surface area contributed by atoms with Gasteiger partial charge in [-0.05, 0) is 6.26 Å². The first kappa shape index (κ1) is 44.8. The molecule has 6 atom stereocenters. The fourth-order valence-electron chi connectivity index (χ4n) is 3.44. The van der Waals surface area contributed by atoms with E-state index in [1.165, 1.54) is 11.8 Å². The number of aliphatic hydroxyl groups excluding tert-OH is 2. The number of phosphoric ester groups is 1. The van der Waals surface area contributed by atoms with Crippen molar-refractivity contribution in [2.45, 2.75) is 46.1 Å². The molecule has 0 bridgehead atoms. The molecule has 0 aromatic carbocycles. The Kier molecular flexibility index (Phi) is 15.7. The third kappa shape index (κ3) is 13.2. The highest BCUT2D eigenvalue weighted by Crippen LogP contribution is 2.79. The summed E-state index contributed by atoms with van der Waals surface area (Å²) in [6.45, 7) is -0.697. The molecule has 2 unspecified atom stereocenters. The molecule has 0 radical (unpaired) electrons. The maximum absolute atomic E-state index is 12.7. The zero-order valence-corrected chi connectivity index (χ0v) is 30.6. The number of nitrogens with zero attached hydrogens (tertiary/aromatic N) is 4. The number of ether oxygens (including phenoxy) is 1. The van der Waals surface area contributed by atoms with Gasteiger partial charge in [-0.1, -0.05) is 35.0 Å². The largest absolute Gasteiger partial charge is 0.759 e. The number of halogens is 5. The average molecular weight is 872 g/mol. The van der Waals surface area contributed by atoms with Crippen molar-refractivity contribution in [1.82, 2.24) is 19.5 Å². The Morgan fingerprint density at radius 3 is 2.22 bits per heavy atom. The van der Waals surface area contributed by atoms with Crippen LogP contribution in [0.25, 0.3) is 11.2 Å². The number of hydrogen-bond acceptors (Lipinski definition) is 18. The van der Waals surface area contributed by atoms with Crippen LogP contribution in [0, 0.1) is 0 Å². The lowest BCUT2D eigenvalue weighted by molar-refractivity contribution is -0.129. The molecule has 3 heterocycles. The van der Waals surface area contributed by atoms with E-state index in [0.29, 0.717) is 24.1 Å². The van der Waals surface area contributed by atoms with Gasteiger partial charge in [0.2, 0.25) is 0 Å². The van der Waals surface area contributed by atoms with Gasteiger partial charge in [0, 0.05) is 28.4 Å². The van der Waals surface area contributed by atoms with Crippen LogP contribution in [0.2, 0.25) is 0 Å². The molecule has 1 fully saturated rings. The summed E-state index contributed by atoms with van der Waals surface area (Å²) in [6.07, 6.45) is -9.29. The highest BCUT2D eigenvalue weighted by atomic mass is 35.5. The maximum Gasteiger partial charge on any atom is 0.479 e. The second-order valence-electron chi connectivity index (χ2n) is 9.19. The molecule has 284 valence electrons. The van der Waals surface area contributed by atoms with Gasteiger partial charge in [0.05, 0.1) is 19.4 Å². The van der Waals surface area contributed by atoms with Crippen molar-refractivity contribution in [3.8, 4) is 0 Å². The minimum absolute atomic E-state index is 0.0191. The fraction of sp³-hybridized carbons (Fsp3) is 0.706. The lowest BCUT2D eigenvalue weighted by Gasteiger charge is -2.26. The van der Waals surface area contributed by atoms with Crippen LogP contribution in [0.5, 0.6) is 0 Å². The molecule has 0 spiro atoms. The number of alkyl halides is 5. The van der Waals surface area contributed by atoms with Crippen LogP contribution in [0.1, 0.15) is 12.6 Å². The number of fused-ring (bicyclic) bond motifs is 1. The Bertz CT molecular complexity index is 1700. The molecule has 0 saturated carbocycles. The van der Waals surface area contributed by atoms with E-state index in [2.05, 4.69) is 29.1 Å². The molecule has 2 aromatic rings. The molecular weight excluding hydrogens is 847 g/mol. The van der Waals surface area contributed by atoms with Crippen LogP contribution in [0.15, 0.2) is 11.5 Å². The number of rotatable bonds is 15. The summed E-state index contributed by atoms with van der Waals surface area (Å²) in [4.78, 5) is 50.4. The molecule has 1 saturated heterocycles. The number of aliphatic hydroxyl groups is 2. The third-order valence-corrected chi connectivity index (χ3v) is 14.7. The van der Waals surface area contributed by atoms with Crippen molar-refractivity contribution in [1.29, 1.82) is 0 Å². The normalized spacial score (nSPS) is 23.1. The van der Waals surface area contributed by atoms with Gasteiger partial charge in [-0.25, -0.2) is 23.8 Å². The van der Waals surface area contributed by atoms with E-state index in [9.17, 15) is 46.9 Å². The molecule has 0 aliphatic carbocycles. The summed E-state index contributed by atoms with van der Waals surface area (Å²) in [7, 11) is -22.6. The van der Waals surface area contributed by atoms with Crippen molar-refractivity contribution < 1.29 is 87.7 Å². The number of imidazole rings is 1. The molecule has 3 rings (SSSR count). The van der Waals surface area contributed by atoms with E-state index in [0.717, 1.165) is 10.9 Å². The predicted octanol–water partition coefficient (Wildman–Crippen LogP) is 1.51. The Labute approximate surface area is 292 Å². The minimum Gasteiger partial charge on any atom is -0.759 e. The van der Waals surface area contributed by atoms with Crippen molar-refractivity contribution in [2.24, 2.45) is 0 Å². The predicted molar refractivity (Wildman–Crippen MR) is 163 cm³/mol. The number of nitrogens with one attached hydrogen (secondary N) is 1. The number of phosphoric acid groups is 1. The number of hydrogen-bond donors (Lipinski definition) is 7. The van der Waals surface area contributed by atoms with Gasteiger partial charge in [0.1, 0.15) is 18.3 Å². The molecule has 32 heteroatoms. The molecule has 0 amide bonds. The Balaban J connectivity index is 0.00000155. The summed E-state index contributed by atoms with van der Waals surface area (Å²) in [5.74, 6) is 0.407. The molecule has 21 nitrogen and oxygen atoms in total. The lowest BCUT2D eigenvalue weighted by Crippen LogP contribution is -2.33. The maximum atomic E-state index is 12.7. The van der Waals surface area contributed by atoms with Crippen LogP contribution in [0.3, 0.4) is 0 Å². The van der Waals surface area contributed by atoms with Crippen molar-refractivity contribution in [3.63, 3.8) is 0 Å². The first-order chi connectivity index (χ1) is 22.1. The van der Waals surface area contributed by atoms with E-state index in [1.54, 1.807) is 0 Å². The van der Waals surface area contributed by atoms with E-state index < -0.39 is 86.7 Å². The van der Waals surface area contributed by atoms with Crippen LogP contribution in [0.4, 0.5) is 19.0 Å². The first-order valence-electron chi connectivity index (χ1n) is 12.4. The van der Waals surface area contributed by atoms with E-state index in [4.69, 9.17) is 55.2 Å². The fourth-order valence-corrected chi connectivity index (χ4v) is 8.81. The van der Waals surface area contributed by atoms with Gasteiger partial charge in [-0.15, -0.1) is 0 Å². The lowest BCUT2D eigenvalue weighted by atomic mass is 10.1. The smallest absolute Gasteiger partial charge is 0.479 e. The quantitative estimate of drug-likeness (QED) is 0.0254. The Morgan fingerprint density at radius 2 is 1.69 bits per heavy atom. The summed E-state index contributed by atoms with van der Waals surface area (Å²) in [5.41, 5.74) is 0.119. The van der Waals surface area contributed by atoms with Gasteiger partial charge in [-0.3, -0.25) is 26.6 Å². The molecule has 1 aliphatic heterocycles. The summed E-state index contributed by atoms with van der Waals surface area (Å²) in [5, 5.41) is 24.1. The van der Waals surface area contributed by atoms with E-state index in [1.807, 2.05) is 6.26 Å². The SMILES string of the molecule is CSCCNc1nc(SCCC(F)(F)F)nc2c1ncn2[C@@H]1O[C@H](COP(=O)(O)OP(=O)(O)C(Cl)(Cl)P(=O)(O)O)[C@@H](O)[C@H]1O.O=S(=O)([O-])[O-]. The average Bonchev–Trinajstić information content (AvgIpc) is 3.45. The van der Waals surface area contributed by atoms with Gasteiger partial charge in [0.15, 0.2) is 28.4 Å². The summed E-state index contributed by atoms with van der Waals surface area (Å²) in [6, 6.07) is 0. The van der Waals surface area contributed by atoms with Gasteiger partial charge in [-0.2, -0.15) is 24.9 Å². The Morgan fingerprint density at radius 1 is 1.10 bits per heavy atom. The second-order valence-corrected chi connectivity index (χ2v) is 20.1. The summed E-state index contributed by atoms with van der Waals surface area (Å²) < 4.78 is 119. The van der Waals surface area contributed by atoms with Crippen LogP contribution in [-0.2, 0) is 37.7 Å². The minimum atomic E-state index is -5.97. The topological polar surface area (TPSA) is 336 Å². The van der Waals surface area contributed by atoms with E-state index in [-0.39, 0.29) is 22.1 Å². The monoisotopic (exact) mass is 871 g/mol. The van der Waals surface area contributed by atoms with Crippen molar-refractivity contribution in [2.75, 3.05) is 36.2 Å². The molecule has 7 N–H and O–H groups in total. The van der Waals surface area contributed by atoms with Gasteiger partial charge >= 0.3 is 33.0 Å². The number of thioether (sulfide) groups is 2. The number of anilines is 1. The zero-order chi connectivity index (χ0) is 37.8. The zero-order valence-electron chi connectivity index (χ0n) is 23.9. The standard InChI is InChI=1S/C17H25Cl2F3N5O12P3S2.H2O4S/c1-43-5-3-23-12-9-13(26-15(25-12)44-4-2-16(20,21)22)27(7-24-9)14-11(29)10(28)8(38-14)6-37-42(35,36)39-41(33,34)17(18,19)40(30,31)32;1-5(2,3)4/h7-8,10-11,14,28-29H,2-6H2,1H3,(H,33,34)(H,35,36)(H,23,25,26)(H2,30,31,32);(H2,1,2,3,4)/p-2/t8-,10-,11-,14-;/m1./s1. The van der Waals surface area contributed by atoms with Gasteiger partial charge < -0.3 is 48.9 Å². The molecule has 49 heavy (non-hydrogen) atoms. The summed E-state index contributed by atoms with van der Waals surface area (Å²) >= 11 is 12.6. The van der Waals surface area contributed by atoms with E-state index >= 15 is 0 Å². The molecular formula is C17H25Cl2F3N5O16P3S3-2. The third-order valence-electron chi connectivity index (χ3n) is 5.53. The van der Waals surface area contributed by atoms with Crippen LogP contribution in [-0.4, -0.2) is 126 Å². The van der Waals surface area contributed by atoms with Crippen LogP contribution >= 0.6 is 69.7 Å². The first-order valence-corrected chi connectivity index (χ1v) is 21.6. The second kappa shape index (κ2) is 17.2. The highest BCUT2D eigenvalue weighted by Gasteiger charge is 2.62. The van der Waals surface area contributed by atoms with Gasteiger partial charge in [0.25, 0.3) is 0 Å². The highest BCUT2D eigenvalue weighted by molar-refractivity contribution is 7.99.